The molecule has 1 heterocycles. The fourth-order valence-corrected chi connectivity index (χ4v) is 6.65. The minimum atomic E-state index is -3.74. The van der Waals surface area contributed by atoms with Gasteiger partial charge in [-0.05, 0) is 53.1 Å². The molecule has 192 valence electrons. The monoisotopic (exact) mass is 603 g/mol. The predicted molar refractivity (Wildman–Crippen MR) is 159 cm³/mol. The normalized spacial score (nSPS) is 11.6. The number of benzene rings is 4. The van der Waals surface area contributed by atoms with E-state index in [9.17, 15) is 8.42 Å². The molecular formula is C30H26BrN3O2S2. The Morgan fingerprint density at radius 1 is 0.763 bits per heavy atom. The van der Waals surface area contributed by atoms with E-state index in [-0.39, 0.29) is 4.90 Å². The number of thiazole rings is 1. The first-order chi connectivity index (χ1) is 18.4. The maximum absolute atomic E-state index is 13.8. The lowest BCUT2D eigenvalue weighted by molar-refractivity contribution is 0.401. The van der Waals surface area contributed by atoms with Crippen LogP contribution in [0, 0.1) is 0 Å². The Morgan fingerprint density at radius 2 is 1.32 bits per heavy atom. The lowest BCUT2D eigenvalue weighted by Crippen LogP contribution is -2.30. The van der Waals surface area contributed by atoms with Gasteiger partial charge in [0.15, 0.2) is 5.13 Å². The first-order valence-corrected chi connectivity index (χ1v) is 15.1. The van der Waals surface area contributed by atoms with Gasteiger partial charge in [-0.15, -0.1) is 0 Å². The third-order valence-corrected chi connectivity index (χ3v) is 9.63. The highest BCUT2D eigenvalue weighted by molar-refractivity contribution is 9.10. The van der Waals surface area contributed by atoms with E-state index >= 15 is 0 Å². The summed E-state index contributed by atoms with van der Waals surface area (Å²) in [5.41, 5.74) is 3.84. The fraction of sp³-hybridized carbons (Fsp3) is 0.100. The van der Waals surface area contributed by atoms with Crippen molar-refractivity contribution < 1.29 is 8.42 Å². The summed E-state index contributed by atoms with van der Waals surface area (Å²) in [5, 5.41) is 0.857. The molecule has 0 bridgehead atoms. The quantitative estimate of drug-likeness (QED) is 0.173. The molecule has 0 aliphatic rings. The van der Waals surface area contributed by atoms with Gasteiger partial charge in [0.05, 0.1) is 9.77 Å². The number of nitrogens with zero attached hydrogens (tertiary/aromatic N) is 3. The molecule has 0 radical (unpaired) electrons. The van der Waals surface area contributed by atoms with Crippen molar-refractivity contribution in [2.24, 2.45) is 0 Å². The summed E-state index contributed by atoms with van der Waals surface area (Å²) in [4.78, 5) is 7.86. The van der Waals surface area contributed by atoms with E-state index in [0.717, 1.165) is 36.9 Å². The van der Waals surface area contributed by atoms with Gasteiger partial charge in [0.25, 0.3) is 0 Å². The van der Waals surface area contributed by atoms with E-state index in [1.807, 2.05) is 115 Å². The van der Waals surface area contributed by atoms with Gasteiger partial charge in [-0.25, -0.2) is 13.4 Å². The van der Waals surface area contributed by atoms with Crippen molar-refractivity contribution in [1.29, 1.82) is 0 Å². The van der Waals surface area contributed by atoms with Crippen LogP contribution in [0.1, 0.15) is 11.1 Å². The number of anilines is 2. The molecule has 1 aromatic heterocycles. The third kappa shape index (κ3) is 6.05. The van der Waals surface area contributed by atoms with Crippen LogP contribution in [0.15, 0.2) is 125 Å². The smallest absolute Gasteiger partial charge is 0.243 e. The fourth-order valence-electron chi connectivity index (χ4n) is 4.07. The molecule has 5 nitrogen and oxygen atoms in total. The van der Waals surface area contributed by atoms with E-state index in [4.69, 9.17) is 0 Å². The van der Waals surface area contributed by atoms with E-state index in [1.165, 1.54) is 4.31 Å². The molecule has 0 spiro atoms. The van der Waals surface area contributed by atoms with Crippen LogP contribution in [0.25, 0.3) is 10.4 Å². The Balaban J connectivity index is 1.38. The molecule has 0 N–H and O–H groups in total. The van der Waals surface area contributed by atoms with Gasteiger partial charge < -0.3 is 4.90 Å². The second-order valence-corrected chi connectivity index (χ2v) is 12.7. The van der Waals surface area contributed by atoms with Crippen LogP contribution in [-0.2, 0) is 23.1 Å². The van der Waals surface area contributed by atoms with Crippen LogP contribution >= 0.6 is 27.3 Å². The average Bonchev–Trinajstić information content (AvgIpc) is 3.44. The van der Waals surface area contributed by atoms with Gasteiger partial charge in [0.1, 0.15) is 0 Å². The van der Waals surface area contributed by atoms with Crippen molar-refractivity contribution in [3.63, 3.8) is 0 Å². The molecule has 0 aliphatic carbocycles. The highest BCUT2D eigenvalue weighted by atomic mass is 79.9. The SMILES string of the molecule is CN(c1ccc(Br)cc1)c1ncc(-c2ccc(S(=O)(=O)N(Cc3ccccc3)Cc3ccccc3)cc2)s1. The zero-order valence-electron chi connectivity index (χ0n) is 20.7. The highest BCUT2D eigenvalue weighted by Gasteiger charge is 2.25. The molecular weight excluding hydrogens is 578 g/mol. The number of halogens is 1. The average molecular weight is 605 g/mol. The molecule has 0 saturated heterocycles. The molecule has 0 aliphatic heterocycles. The summed E-state index contributed by atoms with van der Waals surface area (Å²) in [6.45, 7) is 0.584. The number of hydrogen-bond donors (Lipinski definition) is 0. The summed E-state index contributed by atoms with van der Waals surface area (Å²) in [7, 11) is -1.75. The molecule has 4 aromatic carbocycles. The highest BCUT2D eigenvalue weighted by Crippen LogP contribution is 2.35. The molecule has 5 rings (SSSR count). The number of hydrogen-bond acceptors (Lipinski definition) is 5. The largest absolute Gasteiger partial charge is 0.321 e. The lowest BCUT2D eigenvalue weighted by atomic mass is 10.2. The van der Waals surface area contributed by atoms with Crippen molar-refractivity contribution in [3.05, 3.63) is 131 Å². The number of rotatable bonds is 9. The predicted octanol–water partition coefficient (Wildman–Crippen LogP) is 7.73. The zero-order chi connectivity index (χ0) is 26.5. The van der Waals surface area contributed by atoms with Crippen molar-refractivity contribution in [2.45, 2.75) is 18.0 Å². The van der Waals surface area contributed by atoms with Crippen LogP contribution in [0.3, 0.4) is 0 Å². The van der Waals surface area contributed by atoms with Gasteiger partial charge in [0, 0.05) is 36.5 Å². The van der Waals surface area contributed by atoms with Crippen LogP contribution in [0.4, 0.5) is 10.8 Å². The number of sulfonamides is 1. The van der Waals surface area contributed by atoms with Crippen LogP contribution in [-0.4, -0.2) is 24.8 Å². The first kappa shape index (κ1) is 26.3. The Morgan fingerprint density at radius 3 is 1.87 bits per heavy atom. The molecule has 8 heteroatoms. The molecule has 0 fully saturated rings. The Hall–Kier alpha value is -3.30. The third-order valence-electron chi connectivity index (χ3n) is 6.17. The van der Waals surface area contributed by atoms with Gasteiger partial charge in [0.2, 0.25) is 10.0 Å². The van der Waals surface area contributed by atoms with Crippen molar-refractivity contribution >= 4 is 48.1 Å². The van der Waals surface area contributed by atoms with E-state index < -0.39 is 10.0 Å². The molecule has 0 unspecified atom stereocenters. The van der Waals surface area contributed by atoms with Gasteiger partial charge in [-0.2, -0.15) is 4.31 Å². The van der Waals surface area contributed by atoms with Crippen LogP contribution in [0.2, 0.25) is 0 Å². The summed E-state index contributed by atoms with van der Waals surface area (Å²) in [6, 6.07) is 34.5. The van der Waals surface area contributed by atoms with E-state index in [1.54, 1.807) is 23.5 Å². The van der Waals surface area contributed by atoms with Crippen LogP contribution in [0.5, 0.6) is 0 Å². The molecule has 0 saturated carbocycles. The second kappa shape index (κ2) is 11.6. The summed E-state index contributed by atoms with van der Waals surface area (Å²) < 4.78 is 30.1. The van der Waals surface area contributed by atoms with E-state index in [0.29, 0.717) is 13.1 Å². The van der Waals surface area contributed by atoms with E-state index in [2.05, 4.69) is 20.9 Å². The summed E-state index contributed by atoms with van der Waals surface area (Å²) in [5.74, 6) is 0. The molecule has 0 amide bonds. The second-order valence-electron chi connectivity index (χ2n) is 8.81. The topological polar surface area (TPSA) is 53.5 Å². The standard InChI is InChI=1S/C30H26BrN3O2S2/c1-33(27-16-14-26(31)15-17-27)30-32-20-29(37-30)25-12-18-28(19-13-25)38(35,36)34(21-23-8-4-2-5-9-23)22-24-10-6-3-7-11-24/h2-20H,21-22H2,1H3. The maximum Gasteiger partial charge on any atom is 0.243 e. The zero-order valence-corrected chi connectivity index (χ0v) is 24.0. The number of aromatic nitrogens is 1. The van der Waals surface area contributed by atoms with Crippen molar-refractivity contribution in [1.82, 2.24) is 9.29 Å². The Kier molecular flexibility index (Phi) is 8.04. The molecule has 38 heavy (non-hydrogen) atoms. The van der Waals surface area contributed by atoms with Gasteiger partial charge in [-0.1, -0.05) is 100 Å². The Labute approximate surface area is 236 Å². The molecule has 0 atom stereocenters. The summed E-state index contributed by atoms with van der Waals surface area (Å²) in [6.07, 6.45) is 1.83. The Bertz CT molecular complexity index is 1550. The summed E-state index contributed by atoms with van der Waals surface area (Å²) >= 11 is 5.03. The van der Waals surface area contributed by atoms with Gasteiger partial charge >= 0.3 is 0 Å². The lowest BCUT2D eigenvalue weighted by Gasteiger charge is -2.23. The minimum absolute atomic E-state index is 0.268. The van der Waals surface area contributed by atoms with Crippen molar-refractivity contribution in [3.8, 4) is 10.4 Å². The van der Waals surface area contributed by atoms with Gasteiger partial charge in [-0.3, -0.25) is 0 Å². The minimum Gasteiger partial charge on any atom is -0.321 e. The molecule has 5 aromatic rings. The van der Waals surface area contributed by atoms with Crippen molar-refractivity contribution in [2.75, 3.05) is 11.9 Å². The maximum atomic E-state index is 13.8. The first-order valence-electron chi connectivity index (χ1n) is 12.0. The van der Waals surface area contributed by atoms with Crippen LogP contribution < -0.4 is 4.90 Å².